The maximum atomic E-state index is 3.49. The first-order chi connectivity index (χ1) is 5.77. The normalized spacial score (nSPS) is 44.0. The van der Waals surface area contributed by atoms with E-state index in [9.17, 15) is 0 Å². The van der Waals surface area contributed by atoms with Gasteiger partial charge in [-0.15, -0.1) is 0 Å². The first kappa shape index (κ1) is 8.52. The highest BCUT2D eigenvalue weighted by atomic mass is 15.2. The first-order valence-corrected chi connectivity index (χ1v) is 5.25. The topological polar surface area (TPSA) is 15.3 Å². The standard InChI is InChI=1S/C10H20N2/c1-8-3-4-10(8)12-6-5-11-9(2)7-12/h8-11H,3-7H2,1-2H3. The third-order valence-electron chi connectivity index (χ3n) is 3.44. The van der Waals surface area contributed by atoms with Gasteiger partial charge in [0.25, 0.3) is 0 Å². The van der Waals surface area contributed by atoms with E-state index < -0.39 is 0 Å². The zero-order valence-corrected chi connectivity index (χ0v) is 8.21. The molecule has 2 heteroatoms. The summed E-state index contributed by atoms with van der Waals surface area (Å²) in [6.07, 6.45) is 2.89. The van der Waals surface area contributed by atoms with Gasteiger partial charge in [0, 0.05) is 31.7 Å². The van der Waals surface area contributed by atoms with E-state index in [4.69, 9.17) is 0 Å². The molecule has 1 saturated heterocycles. The van der Waals surface area contributed by atoms with Crippen molar-refractivity contribution in [2.75, 3.05) is 19.6 Å². The molecule has 12 heavy (non-hydrogen) atoms. The Balaban J connectivity index is 1.86. The van der Waals surface area contributed by atoms with Crippen molar-refractivity contribution in [2.45, 2.75) is 38.8 Å². The molecule has 2 fully saturated rings. The number of hydrogen-bond acceptors (Lipinski definition) is 2. The quantitative estimate of drug-likeness (QED) is 0.630. The van der Waals surface area contributed by atoms with Gasteiger partial charge in [0.15, 0.2) is 0 Å². The molecule has 0 spiro atoms. The Morgan fingerprint density at radius 3 is 2.58 bits per heavy atom. The zero-order valence-electron chi connectivity index (χ0n) is 8.21. The predicted molar refractivity (Wildman–Crippen MR) is 51.2 cm³/mol. The summed E-state index contributed by atoms with van der Waals surface area (Å²) in [5.41, 5.74) is 0. The lowest BCUT2D eigenvalue weighted by Gasteiger charge is -2.46. The fourth-order valence-corrected chi connectivity index (χ4v) is 2.45. The Morgan fingerprint density at radius 2 is 2.08 bits per heavy atom. The maximum Gasteiger partial charge on any atom is 0.0167 e. The Hall–Kier alpha value is -0.0800. The molecule has 3 atom stereocenters. The third kappa shape index (κ3) is 1.50. The summed E-state index contributed by atoms with van der Waals surface area (Å²) in [6, 6.07) is 1.61. The predicted octanol–water partition coefficient (Wildman–Crippen LogP) is 1.08. The van der Waals surface area contributed by atoms with Crippen LogP contribution < -0.4 is 5.32 Å². The number of nitrogens with one attached hydrogen (secondary N) is 1. The van der Waals surface area contributed by atoms with Gasteiger partial charge < -0.3 is 5.32 Å². The molecule has 70 valence electrons. The van der Waals surface area contributed by atoms with E-state index in [0.29, 0.717) is 6.04 Å². The van der Waals surface area contributed by atoms with Crippen molar-refractivity contribution < 1.29 is 0 Å². The van der Waals surface area contributed by atoms with Gasteiger partial charge in [0.1, 0.15) is 0 Å². The molecule has 1 saturated carbocycles. The molecule has 0 aromatic heterocycles. The number of rotatable bonds is 1. The van der Waals surface area contributed by atoms with E-state index in [1.54, 1.807) is 0 Å². The Morgan fingerprint density at radius 1 is 1.25 bits per heavy atom. The molecule has 1 heterocycles. The molecule has 0 bridgehead atoms. The van der Waals surface area contributed by atoms with Gasteiger partial charge in [-0.1, -0.05) is 6.92 Å². The van der Waals surface area contributed by atoms with Crippen molar-refractivity contribution in [3.8, 4) is 0 Å². The SMILES string of the molecule is CC1CN(C2CCC2C)CCN1. The van der Waals surface area contributed by atoms with Gasteiger partial charge >= 0.3 is 0 Å². The van der Waals surface area contributed by atoms with Crippen LogP contribution in [0.3, 0.4) is 0 Å². The third-order valence-corrected chi connectivity index (χ3v) is 3.44. The molecule has 1 aliphatic carbocycles. The molecule has 1 aliphatic heterocycles. The second-order valence-corrected chi connectivity index (χ2v) is 4.47. The minimum Gasteiger partial charge on any atom is -0.312 e. The largest absolute Gasteiger partial charge is 0.312 e. The van der Waals surface area contributed by atoms with Crippen molar-refractivity contribution in [1.82, 2.24) is 10.2 Å². The highest BCUT2D eigenvalue weighted by molar-refractivity contribution is 4.89. The summed E-state index contributed by atoms with van der Waals surface area (Å²) in [7, 11) is 0. The summed E-state index contributed by atoms with van der Waals surface area (Å²) in [6.45, 7) is 8.38. The minimum atomic E-state index is 0.701. The van der Waals surface area contributed by atoms with Gasteiger partial charge in [-0.05, 0) is 25.7 Å². The Labute approximate surface area is 75.3 Å². The molecule has 2 aliphatic rings. The highest BCUT2D eigenvalue weighted by Gasteiger charge is 2.33. The monoisotopic (exact) mass is 168 g/mol. The van der Waals surface area contributed by atoms with Gasteiger partial charge in [0.05, 0.1) is 0 Å². The van der Waals surface area contributed by atoms with Gasteiger partial charge in [-0.25, -0.2) is 0 Å². The lowest BCUT2D eigenvalue weighted by molar-refractivity contribution is 0.0500. The molecule has 2 nitrogen and oxygen atoms in total. The van der Waals surface area contributed by atoms with Crippen molar-refractivity contribution in [1.29, 1.82) is 0 Å². The van der Waals surface area contributed by atoms with Crippen LogP contribution in [-0.2, 0) is 0 Å². The zero-order chi connectivity index (χ0) is 8.55. The maximum absolute atomic E-state index is 3.49. The van der Waals surface area contributed by atoms with Crippen LogP contribution in [0.4, 0.5) is 0 Å². The van der Waals surface area contributed by atoms with E-state index in [-0.39, 0.29) is 0 Å². The summed E-state index contributed by atoms with van der Waals surface area (Å²) < 4.78 is 0. The number of hydrogen-bond donors (Lipinski definition) is 1. The van der Waals surface area contributed by atoms with Crippen LogP contribution in [0.15, 0.2) is 0 Å². The molecule has 0 aromatic carbocycles. The van der Waals surface area contributed by atoms with Crippen LogP contribution in [0.5, 0.6) is 0 Å². The molecule has 2 rings (SSSR count). The van der Waals surface area contributed by atoms with Crippen LogP contribution in [0.1, 0.15) is 26.7 Å². The fraction of sp³-hybridized carbons (Fsp3) is 1.00. The van der Waals surface area contributed by atoms with Crippen molar-refractivity contribution in [3.05, 3.63) is 0 Å². The average molecular weight is 168 g/mol. The van der Waals surface area contributed by atoms with Crippen LogP contribution >= 0.6 is 0 Å². The van der Waals surface area contributed by atoms with E-state index >= 15 is 0 Å². The molecule has 1 N–H and O–H groups in total. The van der Waals surface area contributed by atoms with Crippen LogP contribution in [0.2, 0.25) is 0 Å². The van der Waals surface area contributed by atoms with Gasteiger partial charge in [-0.3, -0.25) is 4.90 Å². The van der Waals surface area contributed by atoms with Crippen molar-refractivity contribution in [2.24, 2.45) is 5.92 Å². The van der Waals surface area contributed by atoms with Gasteiger partial charge in [-0.2, -0.15) is 0 Å². The van der Waals surface area contributed by atoms with Crippen LogP contribution in [-0.4, -0.2) is 36.6 Å². The van der Waals surface area contributed by atoms with E-state index in [1.165, 1.54) is 32.5 Å². The summed E-state index contributed by atoms with van der Waals surface area (Å²) in [4.78, 5) is 2.68. The molecule has 0 radical (unpaired) electrons. The van der Waals surface area contributed by atoms with Crippen molar-refractivity contribution >= 4 is 0 Å². The smallest absolute Gasteiger partial charge is 0.0167 e. The Kier molecular flexibility index (Phi) is 2.37. The first-order valence-electron chi connectivity index (χ1n) is 5.25. The molecule has 0 aromatic rings. The minimum absolute atomic E-state index is 0.701. The summed E-state index contributed by atoms with van der Waals surface area (Å²) in [5, 5.41) is 3.49. The molecule has 3 unspecified atom stereocenters. The Bertz CT molecular complexity index is 158. The molecule has 0 amide bonds. The van der Waals surface area contributed by atoms with E-state index in [2.05, 4.69) is 24.1 Å². The number of piperazine rings is 1. The molecular weight excluding hydrogens is 148 g/mol. The van der Waals surface area contributed by atoms with E-state index in [1.807, 2.05) is 0 Å². The second kappa shape index (κ2) is 3.35. The number of nitrogens with zero attached hydrogens (tertiary/aromatic N) is 1. The molecular formula is C10H20N2. The average Bonchev–Trinajstić information content (AvgIpc) is 2.02. The summed E-state index contributed by atoms with van der Waals surface area (Å²) in [5.74, 6) is 0.954. The van der Waals surface area contributed by atoms with E-state index in [0.717, 1.165) is 12.0 Å². The second-order valence-electron chi connectivity index (χ2n) is 4.47. The lowest BCUT2D eigenvalue weighted by Crippen LogP contribution is -2.56. The van der Waals surface area contributed by atoms with Crippen molar-refractivity contribution in [3.63, 3.8) is 0 Å². The summed E-state index contributed by atoms with van der Waals surface area (Å²) >= 11 is 0. The lowest BCUT2D eigenvalue weighted by atomic mass is 9.79. The van der Waals surface area contributed by atoms with Crippen LogP contribution in [0.25, 0.3) is 0 Å². The van der Waals surface area contributed by atoms with Gasteiger partial charge in [0.2, 0.25) is 0 Å². The van der Waals surface area contributed by atoms with Crippen LogP contribution in [0, 0.1) is 5.92 Å². The fourth-order valence-electron chi connectivity index (χ4n) is 2.45. The highest BCUT2D eigenvalue weighted by Crippen LogP contribution is 2.31.